The van der Waals surface area contributed by atoms with Crippen molar-refractivity contribution in [3.63, 3.8) is 0 Å². The minimum Gasteiger partial charge on any atom is -0.455 e. The molecule has 0 fully saturated rings. The Hall–Kier alpha value is -3.50. The minimum atomic E-state index is -1.95. The van der Waals surface area contributed by atoms with Crippen molar-refractivity contribution in [3.05, 3.63) is 84.2 Å². The average molecular weight is 490 g/mol. The fraction of sp³-hybridized carbons (Fsp3) is 0.250. The monoisotopic (exact) mass is 489 g/mol. The Kier molecular flexibility index (Phi) is 4.93. The zero-order valence-corrected chi connectivity index (χ0v) is 23.2. The average Bonchev–Trinajstić information content (AvgIpc) is 2.85. The lowest BCUT2D eigenvalue weighted by Gasteiger charge is -2.31. The number of hydrogen-bond acceptors (Lipinski definition) is 2. The van der Waals surface area contributed by atoms with E-state index in [0.717, 1.165) is 22.4 Å². The second kappa shape index (κ2) is 7.75. The molecular weight excluding hydrogens is 456 g/mol. The standard InChI is InChI=1S/C32H33N2OSi/c1-20-23-15-11-12-16-24(23)29(32(2,3)4)31-27(20)30-28-25(33-19-34(30)5)17-22(18-26(28)35-31)36(6,7)21-13-9-8-10-14-21/h8-19H,1-7H3/q+1. The first kappa shape index (κ1) is 22.9. The van der Waals surface area contributed by atoms with E-state index in [0.29, 0.717) is 0 Å². The van der Waals surface area contributed by atoms with Crippen molar-refractivity contribution < 1.29 is 9.30 Å². The van der Waals surface area contributed by atoms with Gasteiger partial charge in [-0.25, -0.2) is 4.57 Å². The van der Waals surface area contributed by atoms with Gasteiger partial charge in [-0.1, -0.05) is 93.6 Å². The molecule has 0 aliphatic carbocycles. The number of benzene rings is 4. The molecule has 1 aliphatic rings. The normalized spacial score (nSPS) is 13.1. The lowest BCUT2D eigenvalue weighted by molar-refractivity contribution is -0.662. The summed E-state index contributed by atoms with van der Waals surface area (Å²) >= 11 is 0. The van der Waals surface area contributed by atoms with Crippen LogP contribution in [0.15, 0.2) is 73.1 Å². The Labute approximate surface area is 214 Å². The van der Waals surface area contributed by atoms with Crippen molar-refractivity contribution in [2.45, 2.75) is 46.2 Å². The molecule has 0 amide bonds. The first-order valence-corrected chi connectivity index (χ1v) is 15.7. The van der Waals surface area contributed by atoms with E-state index >= 15 is 0 Å². The van der Waals surface area contributed by atoms with Gasteiger partial charge in [-0.2, -0.15) is 0 Å². The van der Waals surface area contributed by atoms with E-state index in [1.165, 1.54) is 43.5 Å². The molecular formula is C32H33N2OSi+. The van der Waals surface area contributed by atoms with E-state index in [-0.39, 0.29) is 5.41 Å². The molecule has 0 N–H and O–H groups in total. The number of aryl methyl sites for hydroxylation is 2. The van der Waals surface area contributed by atoms with Gasteiger partial charge >= 0.3 is 0 Å². The van der Waals surface area contributed by atoms with Gasteiger partial charge in [0.25, 0.3) is 6.33 Å². The maximum Gasteiger partial charge on any atom is 0.287 e. The quantitative estimate of drug-likeness (QED) is 0.207. The van der Waals surface area contributed by atoms with Gasteiger partial charge in [-0.3, -0.25) is 0 Å². The fourth-order valence-corrected chi connectivity index (χ4v) is 8.26. The van der Waals surface area contributed by atoms with E-state index in [1.54, 1.807) is 0 Å². The molecule has 1 aromatic heterocycles. The largest absolute Gasteiger partial charge is 0.455 e. The van der Waals surface area contributed by atoms with E-state index in [4.69, 9.17) is 9.72 Å². The van der Waals surface area contributed by atoms with Gasteiger partial charge in [0.15, 0.2) is 11.2 Å². The van der Waals surface area contributed by atoms with Crippen molar-refractivity contribution in [3.8, 4) is 22.8 Å². The van der Waals surface area contributed by atoms with Crippen LogP contribution in [0.2, 0.25) is 13.1 Å². The molecule has 2 heterocycles. The van der Waals surface area contributed by atoms with Crippen molar-refractivity contribution in [1.29, 1.82) is 0 Å². The Morgan fingerprint density at radius 3 is 2.22 bits per heavy atom. The molecule has 0 radical (unpaired) electrons. The topological polar surface area (TPSA) is 26.0 Å². The third kappa shape index (κ3) is 3.24. The molecule has 5 aromatic rings. The van der Waals surface area contributed by atoms with Crippen LogP contribution in [0.1, 0.15) is 31.9 Å². The van der Waals surface area contributed by atoms with Crippen molar-refractivity contribution >= 4 is 40.1 Å². The summed E-state index contributed by atoms with van der Waals surface area (Å²) in [5.41, 5.74) is 5.81. The van der Waals surface area contributed by atoms with Gasteiger partial charge in [0.2, 0.25) is 0 Å². The summed E-state index contributed by atoms with van der Waals surface area (Å²) in [5, 5.41) is 6.40. The summed E-state index contributed by atoms with van der Waals surface area (Å²) < 4.78 is 9.16. The Morgan fingerprint density at radius 1 is 0.861 bits per heavy atom. The smallest absolute Gasteiger partial charge is 0.287 e. The highest BCUT2D eigenvalue weighted by Gasteiger charge is 2.37. The SMILES string of the molecule is Cc1c2c(c(C(C)(C)C)c3ccccc13)Oc1cc([Si](C)(C)c3ccccc3)cc3nc[n+](C)c-2c13. The van der Waals surface area contributed by atoms with Crippen LogP contribution in [0, 0.1) is 6.92 Å². The minimum absolute atomic E-state index is 0.0880. The van der Waals surface area contributed by atoms with Crippen LogP contribution in [-0.4, -0.2) is 13.1 Å². The number of ether oxygens (including phenoxy) is 1. The Bertz CT molecular complexity index is 1680. The maximum atomic E-state index is 6.99. The zero-order chi connectivity index (χ0) is 25.4. The van der Waals surface area contributed by atoms with Crippen LogP contribution in [-0.2, 0) is 12.5 Å². The van der Waals surface area contributed by atoms with Crippen LogP contribution < -0.4 is 19.7 Å². The molecule has 0 saturated heterocycles. The molecule has 1 aliphatic heterocycles. The highest BCUT2D eigenvalue weighted by Crippen LogP contribution is 2.52. The number of aromatic nitrogens is 2. The van der Waals surface area contributed by atoms with E-state index in [9.17, 15) is 0 Å². The highest BCUT2D eigenvalue weighted by atomic mass is 28.3. The predicted octanol–water partition coefficient (Wildman–Crippen LogP) is 6.41. The van der Waals surface area contributed by atoms with Crippen LogP contribution >= 0.6 is 0 Å². The molecule has 4 aromatic carbocycles. The summed E-state index contributed by atoms with van der Waals surface area (Å²) in [6, 6.07) is 24.2. The summed E-state index contributed by atoms with van der Waals surface area (Å²) in [7, 11) is 0.149. The van der Waals surface area contributed by atoms with E-state index < -0.39 is 8.07 Å². The van der Waals surface area contributed by atoms with Crippen LogP contribution in [0.3, 0.4) is 0 Å². The van der Waals surface area contributed by atoms with Gasteiger partial charge in [0.1, 0.15) is 25.0 Å². The van der Waals surface area contributed by atoms with E-state index in [1.807, 2.05) is 6.33 Å². The van der Waals surface area contributed by atoms with Crippen LogP contribution in [0.25, 0.3) is 32.9 Å². The van der Waals surface area contributed by atoms with Crippen molar-refractivity contribution in [2.75, 3.05) is 0 Å². The lowest BCUT2D eigenvalue weighted by atomic mass is 9.79. The molecule has 4 heteroatoms. The molecule has 36 heavy (non-hydrogen) atoms. The maximum absolute atomic E-state index is 6.99. The lowest BCUT2D eigenvalue weighted by Crippen LogP contribution is -2.52. The number of hydrogen-bond donors (Lipinski definition) is 0. The predicted molar refractivity (Wildman–Crippen MR) is 153 cm³/mol. The Morgan fingerprint density at radius 2 is 1.53 bits per heavy atom. The van der Waals surface area contributed by atoms with Crippen molar-refractivity contribution in [2.24, 2.45) is 7.05 Å². The molecule has 0 saturated carbocycles. The molecule has 0 bridgehead atoms. The van der Waals surface area contributed by atoms with Gasteiger partial charge in [-0.15, -0.1) is 0 Å². The molecule has 3 nitrogen and oxygen atoms in total. The molecule has 6 rings (SSSR count). The summed E-state index contributed by atoms with van der Waals surface area (Å²) in [6.07, 6.45) is 1.96. The zero-order valence-electron chi connectivity index (χ0n) is 22.2. The third-order valence-electron chi connectivity index (χ3n) is 7.89. The first-order valence-electron chi connectivity index (χ1n) is 12.7. The molecule has 0 spiro atoms. The molecule has 180 valence electrons. The number of rotatable bonds is 2. The van der Waals surface area contributed by atoms with Crippen molar-refractivity contribution in [1.82, 2.24) is 4.98 Å². The summed E-state index contributed by atoms with van der Waals surface area (Å²) in [6.45, 7) is 13.9. The highest BCUT2D eigenvalue weighted by molar-refractivity contribution is 7.00. The second-order valence-corrected chi connectivity index (χ2v) is 16.1. The molecule has 0 atom stereocenters. The van der Waals surface area contributed by atoms with Gasteiger partial charge in [-0.05, 0) is 51.0 Å². The number of nitrogens with zero attached hydrogens (tertiary/aromatic N) is 2. The first-order chi connectivity index (χ1) is 17.1. The third-order valence-corrected chi connectivity index (χ3v) is 11.4. The fourth-order valence-electron chi connectivity index (χ4n) is 5.91. The van der Waals surface area contributed by atoms with Crippen LogP contribution in [0.5, 0.6) is 11.5 Å². The van der Waals surface area contributed by atoms with Gasteiger partial charge in [0.05, 0.1) is 12.6 Å². The molecule has 0 unspecified atom stereocenters. The van der Waals surface area contributed by atoms with Gasteiger partial charge in [0, 0.05) is 5.56 Å². The number of fused-ring (bicyclic) bond motifs is 3. The Balaban J connectivity index is 1.72. The summed E-state index contributed by atoms with van der Waals surface area (Å²) in [5.74, 6) is 1.91. The summed E-state index contributed by atoms with van der Waals surface area (Å²) in [4.78, 5) is 4.89. The van der Waals surface area contributed by atoms with E-state index in [2.05, 4.69) is 119 Å². The van der Waals surface area contributed by atoms with Gasteiger partial charge < -0.3 is 4.74 Å². The van der Waals surface area contributed by atoms with Crippen LogP contribution in [0.4, 0.5) is 0 Å². The second-order valence-electron chi connectivity index (χ2n) is 11.7.